The monoisotopic (exact) mass is 386 g/mol. The van der Waals surface area contributed by atoms with Gasteiger partial charge in [0, 0.05) is 37.1 Å². The maximum absolute atomic E-state index is 12.4. The van der Waals surface area contributed by atoms with E-state index in [1.807, 2.05) is 48.5 Å². The van der Waals surface area contributed by atoms with E-state index in [1.165, 1.54) is 6.92 Å². The van der Waals surface area contributed by atoms with E-state index in [-0.39, 0.29) is 18.2 Å². The molecule has 0 saturated heterocycles. The van der Waals surface area contributed by atoms with Crippen LogP contribution in [0.3, 0.4) is 0 Å². The molecule has 0 fully saturated rings. The summed E-state index contributed by atoms with van der Waals surface area (Å²) in [6.07, 6.45) is 1.00. The number of amides is 2. The molecular formula is C22H27ClN2O2. The van der Waals surface area contributed by atoms with Crippen LogP contribution in [-0.2, 0) is 16.0 Å². The average molecular weight is 387 g/mol. The molecule has 0 aliphatic rings. The molecule has 0 atom stereocenters. The highest BCUT2D eigenvalue weighted by atomic mass is 35.5. The van der Waals surface area contributed by atoms with Gasteiger partial charge in [-0.05, 0) is 41.7 Å². The number of nitrogens with zero attached hydrogens (tertiary/aromatic N) is 1. The van der Waals surface area contributed by atoms with Crippen LogP contribution in [0.25, 0.3) is 0 Å². The third-order valence-corrected chi connectivity index (χ3v) is 4.75. The fourth-order valence-corrected chi connectivity index (χ4v) is 3.03. The summed E-state index contributed by atoms with van der Waals surface area (Å²) in [6.45, 7) is 6.71. The molecule has 0 bridgehead atoms. The zero-order valence-corrected chi connectivity index (χ0v) is 16.9. The Morgan fingerprint density at radius 2 is 1.70 bits per heavy atom. The summed E-state index contributed by atoms with van der Waals surface area (Å²) >= 11 is 5.90. The van der Waals surface area contributed by atoms with Crippen molar-refractivity contribution in [2.45, 2.75) is 39.5 Å². The summed E-state index contributed by atoms with van der Waals surface area (Å²) in [5.74, 6) is 0.217. The van der Waals surface area contributed by atoms with Gasteiger partial charge in [-0.3, -0.25) is 9.59 Å². The van der Waals surface area contributed by atoms with Crippen molar-refractivity contribution in [3.63, 3.8) is 0 Å². The molecule has 2 rings (SSSR count). The number of carbonyl (C=O) groups excluding carboxylic acids is 2. The largest absolute Gasteiger partial charge is 0.342 e. The van der Waals surface area contributed by atoms with Gasteiger partial charge in [0.1, 0.15) is 0 Å². The van der Waals surface area contributed by atoms with Gasteiger partial charge in [0.05, 0.1) is 0 Å². The standard InChI is InChI=1S/C22H27ClN2O2/c1-16(2)20-6-4-5-7-21(20)24-22(27)13-15-25(17(3)26)14-12-18-8-10-19(23)11-9-18/h4-11,16H,12-15H2,1-3H3,(H,24,27). The highest BCUT2D eigenvalue weighted by molar-refractivity contribution is 6.30. The first-order valence-corrected chi connectivity index (χ1v) is 9.63. The van der Waals surface area contributed by atoms with E-state index in [4.69, 9.17) is 11.6 Å². The van der Waals surface area contributed by atoms with Gasteiger partial charge in [-0.2, -0.15) is 0 Å². The fourth-order valence-electron chi connectivity index (χ4n) is 2.91. The zero-order valence-electron chi connectivity index (χ0n) is 16.2. The van der Waals surface area contributed by atoms with Crippen LogP contribution < -0.4 is 5.32 Å². The van der Waals surface area contributed by atoms with Crippen molar-refractivity contribution < 1.29 is 9.59 Å². The molecule has 27 heavy (non-hydrogen) atoms. The van der Waals surface area contributed by atoms with Gasteiger partial charge >= 0.3 is 0 Å². The summed E-state index contributed by atoms with van der Waals surface area (Å²) < 4.78 is 0. The molecule has 144 valence electrons. The fraction of sp³-hybridized carbons (Fsp3) is 0.364. The number of halogens is 1. The van der Waals surface area contributed by atoms with E-state index in [2.05, 4.69) is 19.2 Å². The van der Waals surface area contributed by atoms with Crippen LogP contribution in [0, 0.1) is 0 Å². The van der Waals surface area contributed by atoms with Crippen molar-refractivity contribution in [2.75, 3.05) is 18.4 Å². The minimum absolute atomic E-state index is 0.0284. The predicted octanol–water partition coefficient (Wildman–Crippen LogP) is 4.88. The molecule has 0 radical (unpaired) electrons. The van der Waals surface area contributed by atoms with E-state index in [0.717, 1.165) is 23.2 Å². The molecule has 4 nitrogen and oxygen atoms in total. The minimum Gasteiger partial charge on any atom is -0.342 e. The lowest BCUT2D eigenvalue weighted by Crippen LogP contribution is -2.33. The van der Waals surface area contributed by atoms with Crippen LogP contribution in [0.5, 0.6) is 0 Å². The molecule has 0 unspecified atom stereocenters. The molecule has 0 aromatic heterocycles. The van der Waals surface area contributed by atoms with Crippen LogP contribution in [0.4, 0.5) is 5.69 Å². The first-order valence-electron chi connectivity index (χ1n) is 9.25. The van der Waals surface area contributed by atoms with Crippen LogP contribution >= 0.6 is 11.6 Å². The summed E-state index contributed by atoms with van der Waals surface area (Å²) in [6, 6.07) is 15.4. The van der Waals surface area contributed by atoms with Crippen LogP contribution in [0.15, 0.2) is 48.5 Å². The first-order chi connectivity index (χ1) is 12.9. The number of hydrogen-bond donors (Lipinski definition) is 1. The van der Waals surface area contributed by atoms with Gasteiger partial charge in [0.2, 0.25) is 11.8 Å². The Balaban J connectivity index is 1.89. The first kappa shape index (κ1) is 21.0. The molecular weight excluding hydrogens is 360 g/mol. The molecule has 2 amide bonds. The van der Waals surface area contributed by atoms with Crippen molar-refractivity contribution in [1.29, 1.82) is 0 Å². The van der Waals surface area contributed by atoms with E-state index >= 15 is 0 Å². The van der Waals surface area contributed by atoms with E-state index in [0.29, 0.717) is 24.0 Å². The van der Waals surface area contributed by atoms with Crippen LogP contribution in [0.2, 0.25) is 5.02 Å². The molecule has 1 N–H and O–H groups in total. The highest BCUT2D eigenvalue weighted by Gasteiger charge is 2.13. The van der Waals surface area contributed by atoms with Crippen molar-refractivity contribution in [1.82, 2.24) is 4.90 Å². The smallest absolute Gasteiger partial charge is 0.226 e. The number of nitrogens with one attached hydrogen (secondary N) is 1. The molecule has 2 aromatic carbocycles. The number of carbonyl (C=O) groups is 2. The molecule has 2 aromatic rings. The van der Waals surface area contributed by atoms with Crippen molar-refractivity contribution in [3.8, 4) is 0 Å². The van der Waals surface area contributed by atoms with Gasteiger partial charge < -0.3 is 10.2 Å². The third-order valence-electron chi connectivity index (χ3n) is 4.49. The van der Waals surface area contributed by atoms with Crippen molar-refractivity contribution >= 4 is 29.1 Å². The Bertz CT molecular complexity index is 772. The summed E-state index contributed by atoms with van der Waals surface area (Å²) in [5, 5.41) is 3.67. The van der Waals surface area contributed by atoms with Crippen molar-refractivity contribution in [2.24, 2.45) is 0 Å². The lowest BCUT2D eigenvalue weighted by Gasteiger charge is -2.21. The number of hydrogen-bond acceptors (Lipinski definition) is 2. The van der Waals surface area contributed by atoms with Gasteiger partial charge in [-0.15, -0.1) is 0 Å². The second-order valence-corrected chi connectivity index (χ2v) is 7.36. The summed E-state index contributed by atoms with van der Waals surface area (Å²) in [5.41, 5.74) is 3.06. The maximum atomic E-state index is 12.4. The molecule has 0 heterocycles. The van der Waals surface area contributed by atoms with Gasteiger partial charge in [0.25, 0.3) is 0 Å². The van der Waals surface area contributed by atoms with Crippen LogP contribution in [-0.4, -0.2) is 29.8 Å². The molecule has 0 saturated carbocycles. The molecule has 0 spiro atoms. The highest BCUT2D eigenvalue weighted by Crippen LogP contribution is 2.23. The molecule has 0 aliphatic heterocycles. The third kappa shape index (κ3) is 6.72. The Morgan fingerprint density at radius 1 is 1.04 bits per heavy atom. The average Bonchev–Trinajstić information content (AvgIpc) is 2.63. The predicted molar refractivity (Wildman–Crippen MR) is 111 cm³/mol. The quantitative estimate of drug-likeness (QED) is 0.702. The lowest BCUT2D eigenvalue weighted by molar-refractivity contribution is -0.129. The number of anilines is 1. The Kier molecular flexibility index (Phi) is 7.86. The lowest BCUT2D eigenvalue weighted by atomic mass is 10.0. The number of benzene rings is 2. The Hall–Kier alpha value is -2.33. The van der Waals surface area contributed by atoms with Crippen molar-refractivity contribution in [3.05, 3.63) is 64.7 Å². The maximum Gasteiger partial charge on any atom is 0.226 e. The topological polar surface area (TPSA) is 49.4 Å². The van der Waals surface area contributed by atoms with E-state index in [1.54, 1.807) is 4.90 Å². The SMILES string of the molecule is CC(=O)N(CCC(=O)Nc1ccccc1C(C)C)CCc1ccc(Cl)cc1. The Morgan fingerprint density at radius 3 is 2.33 bits per heavy atom. The van der Waals surface area contributed by atoms with Gasteiger partial charge in [0.15, 0.2) is 0 Å². The summed E-state index contributed by atoms with van der Waals surface area (Å²) in [7, 11) is 0. The summed E-state index contributed by atoms with van der Waals surface area (Å²) in [4.78, 5) is 26.0. The van der Waals surface area contributed by atoms with Gasteiger partial charge in [-0.25, -0.2) is 0 Å². The second-order valence-electron chi connectivity index (χ2n) is 6.92. The Labute approximate surface area is 166 Å². The second kappa shape index (κ2) is 10.1. The minimum atomic E-state index is -0.0826. The number of para-hydroxylation sites is 1. The van der Waals surface area contributed by atoms with E-state index < -0.39 is 0 Å². The van der Waals surface area contributed by atoms with E-state index in [9.17, 15) is 9.59 Å². The molecule has 5 heteroatoms. The number of rotatable bonds is 8. The molecule has 0 aliphatic carbocycles. The zero-order chi connectivity index (χ0) is 19.8. The van der Waals surface area contributed by atoms with Gasteiger partial charge in [-0.1, -0.05) is 55.8 Å². The normalized spacial score (nSPS) is 10.7. The van der Waals surface area contributed by atoms with Crippen LogP contribution in [0.1, 0.15) is 44.2 Å².